The van der Waals surface area contributed by atoms with E-state index < -0.39 is 0 Å². The third-order valence-corrected chi connectivity index (χ3v) is 7.12. The second-order valence-corrected chi connectivity index (χ2v) is 9.34. The number of fused-ring (bicyclic) bond motifs is 1. The van der Waals surface area contributed by atoms with E-state index in [4.69, 9.17) is 11.6 Å². The van der Waals surface area contributed by atoms with Crippen LogP contribution in [0.3, 0.4) is 0 Å². The number of nitrogens with zero attached hydrogens (tertiary/aromatic N) is 2. The number of carbonyl (C=O) groups excluding carboxylic acids is 2. The Morgan fingerprint density at radius 3 is 2.44 bits per heavy atom. The largest absolute Gasteiger partial charge is 0.324 e. The highest BCUT2D eigenvalue weighted by molar-refractivity contribution is 7.20. The first-order valence-electron chi connectivity index (χ1n) is 10.7. The minimum absolute atomic E-state index is 0.214. The van der Waals surface area contributed by atoms with E-state index in [0.29, 0.717) is 37.1 Å². The lowest BCUT2D eigenvalue weighted by molar-refractivity contribution is -0.116. The summed E-state index contributed by atoms with van der Waals surface area (Å²) in [7, 11) is 0. The highest BCUT2D eigenvalue weighted by Gasteiger charge is 2.20. The summed E-state index contributed by atoms with van der Waals surface area (Å²) in [6, 6.07) is 12.8. The van der Waals surface area contributed by atoms with Crippen LogP contribution in [-0.4, -0.2) is 21.4 Å². The molecule has 4 aromatic rings. The molecular formula is C25H23ClN4O3S. The van der Waals surface area contributed by atoms with Crippen LogP contribution in [0.5, 0.6) is 0 Å². The lowest BCUT2D eigenvalue weighted by Gasteiger charge is -2.08. The van der Waals surface area contributed by atoms with Gasteiger partial charge in [-0.05, 0) is 61.2 Å². The van der Waals surface area contributed by atoms with Gasteiger partial charge in [-0.2, -0.15) is 0 Å². The number of benzene rings is 2. The maximum Gasteiger partial charge on any atom is 0.266 e. The maximum absolute atomic E-state index is 13.1. The minimum Gasteiger partial charge on any atom is -0.324 e. The SMILES string of the molecule is CCc1ccc(NC(=O)c2sc3ncn(CC(=O)Nc4ccc(C)c(Cl)c4)c(=O)c3c2C)cc1. The first kappa shape index (κ1) is 23.7. The van der Waals surface area contributed by atoms with Crippen molar-refractivity contribution in [3.8, 4) is 0 Å². The molecule has 2 aromatic carbocycles. The average molecular weight is 495 g/mol. The van der Waals surface area contributed by atoms with Crippen LogP contribution in [0.1, 0.15) is 33.3 Å². The zero-order valence-corrected chi connectivity index (χ0v) is 20.5. The summed E-state index contributed by atoms with van der Waals surface area (Å²) in [6.45, 7) is 5.44. The van der Waals surface area contributed by atoms with Crippen molar-refractivity contribution in [3.63, 3.8) is 0 Å². The van der Waals surface area contributed by atoms with Crippen molar-refractivity contribution >= 4 is 56.3 Å². The summed E-state index contributed by atoms with van der Waals surface area (Å²) in [5.74, 6) is -0.686. The molecule has 2 heterocycles. The van der Waals surface area contributed by atoms with E-state index >= 15 is 0 Å². The van der Waals surface area contributed by atoms with Crippen LogP contribution in [-0.2, 0) is 17.8 Å². The number of amides is 2. The second-order valence-electron chi connectivity index (χ2n) is 7.93. The fourth-order valence-corrected chi connectivity index (χ4v) is 4.74. The molecule has 7 nitrogen and oxygen atoms in total. The molecule has 2 amide bonds. The number of anilines is 2. The molecule has 2 N–H and O–H groups in total. The predicted octanol–water partition coefficient (Wildman–Crippen LogP) is 5.18. The molecule has 174 valence electrons. The smallest absolute Gasteiger partial charge is 0.266 e. The lowest BCUT2D eigenvalue weighted by atomic mass is 10.1. The molecule has 0 spiro atoms. The van der Waals surface area contributed by atoms with Gasteiger partial charge in [0.1, 0.15) is 11.4 Å². The number of aromatic nitrogens is 2. The van der Waals surface area contributed by atoms with Gasteiger partial charge in [-0.15, -0.1) is 11.3 Å². The number of carbonyl (C=O) groups is 2. The Hall–Kier alpha value is -3.49. The quantitative estimate of drug-likeness (QED) is 0.386. The van der Waals surface area contributed by atoms with Gasteiger partial charge in [0.15, 0.2) is 0 Å². The molecule has 0 saturated carbocycles. The summed E-state index contributed by atoms with van der Waals surface area (Å²) in [4.78, 5) is 43.7. The lowest BCUT2D eigenvalue weighted by Crippen LogP contribution is -2.28. The third-order valence-electron chi connectivity index (χ3n) is 5.51. The van der Waals surface area contributed by atoms with Crippen molar-refractivity contribution in [3.05, 3.63) is 85.7 Å². The van der Waals surface area contributed by atoms with Gasteiger partial charge in [-0.1, -0.05) is 36.7 Å². The number of halogens is 1. The Bertz CT molecular complexity index is 1460. The Labute approximate surface area is 205 Å². The highest BCUT2D eigenvalue weighted by atomic mass is 35.5. The molecule has 0 bridgehead atoms. The zero-order valence-electron chi connectivity index (χ0n) is 18.9. The van der Waals surface area contributed by atoms with Gasteiger partial charge in [-0.25, -0.2) is 4.98 Å². The number of thiophene rings is 1. The fraction of sp³-hybridized carbons (Fsp3) is 0.200. The molecule has 0 aliphatic heterocycles. The van der Waals surface area contributed by atoms with E-state index in [1.165, 1.54) is 16.5 Å². The predicted molar refractivity (Wildman–Crippen MR) is 137 cm³/mol. The first-order valence-corrected chi connectivity index (χ1v) is 11.9. The van der Waals surface area contributed by atoms with Crippen LogP contribution in [0, 0.1) is 13.8 Å². The van der Waals surface area contributed by atoms with Crippen molar-refractivity contribution in [2.24, 2.45) is 0 Å². The van der Waals surface area contributed by atoms with Gasteiger partial charge in [0.2, 0.25) is 5.91 Å². The average Bonchev–Trinajstić information content (AvgIpc) is 3.16. The normalized spacial score (nSPS) is 10.9. The molecule has 4 rings (SSSR count). The molecule has 9 heteroatoms. The first-order chi connectivity index (χ1) is 16.3. The van der Waals surface area contributed by atoms with Crippen LogP contribution in [0.2, 0.25) is 5.02 Å². The van der Waals surface area contributed by atoms with Crippen LogP contribution in [0.4, 0.5) is 11.4 Å². The zero-order chi connectivity index (χ0) is 24.4. The number of aryl methyl sites for hydroxylation is 3. The Balaban J connectivity index is 1.55. The van der Waals surface area contributed by atoms with E-state index in [0.717, 1.165) is 23.3 Å². The second kappa shape index (κ2) is 9.79. The van der Waals surface area contributed by atoms with E-state index in [1.807, 2.05) is 31.2 Å². The molecule has 0 aliphatic carbocycles. The topological polar surface area (TPSA) is 93.1 Å². The Kier molecular flexibility index (Phi) is 6.81. The molecule has 0 atom stereocenters. The van der Waals surface area contributed by atoms with Gasteiger partial charge in [0.25, 0.3) is 11.5 Å². The van der Waals surface area contributed by atoms with Crippen LogP contribution >= 0.6 is 22.9 Å². The van der Waals surface area contributed by atoms with Crippen LogP contribution in [0.15, 0.2) is 53.6 Å². The summed E-state index contributed by atoms with van der Waals surface area (Å²) < 4.78 is 1.23. The van der Waals surface area contributed by atoms with Gasteiger partial charge >= 0.3 is 0 Å². The monoisotopic (exact) mass is 494 g/mol. The maximum atomic E-state index is 13.1. The van der Waals surface area contributed by atoms with E-state index in [9.17, 15) is 14.4 Å². The third kappa shape index (κ3) is 4.88. The number of hydrogen-bond acceptors (Lipinski definition) is 5. The van der Waals surface area contributed by atoms with Crippen LogP contribution in [0.25, 0.3) is 10.2 Å². The highest BCUT2D eigenvalue weighted by Crippen LogP contribution is 2.28. The van der Waals surface area contributed by atoms with Crippen molar-refractivity contribution in [1.82, 2.24) is 9.55 Å². The molecular weight excluding hydrogens is 472 g/mol. The summed E-state index contributed by atoms with van der Waals surface area (Å²) >= 11 is 7.26. The van der Waals surface area contributed by atoms with E-state index in [1.54, 1.807) is 25.1 Å². The molecule has 34 heavy (non-hydrogen) atoms. The Morgan fingerprint density at radius 1 is 1.06 bits per heavy atom. The van der Waals surface area contributed by atoms with Crippen molar-refractivity contribution in [2.45, 2.75) is 33.7 Å². The van der Waals surface area contributed by atoms with Gasteiger partial charge in [0.05, 0.1) is 16.6 Å². The summed E-state index contributed by atoms with van der Waals surface area (Å²) in [6.07, 6.45) is 2.24. The van der Waals surface area contributed by atoms with Crippen molar-refractivity contribution in [1.29, 1.82) is 0 Å². The summed E-state index contributed by atoms with van der Waals surface area (Å²) in [5.41, 5.74) is 3.46. The van der Waals surface area contributed by atoms with Gasteiger partial charge < -0.3 is 10.6 Å². The number of nitrogens with one attached hydrogen (secondary N) is 2. The van der Waals surface area contributed by atoms with Gasteiger partial charge in [-0.3, -0.25) is 19.0 Å². The Morgan fingerprint density at radius 2 is 1.76 bits per heavy atom. The molecule has 0 saturated heterocycles. The van der Waals surface area contributed by atoms with Crippen molar-refractivity contribution in [2.75, 3.05) is 10.6 Å². The minimum atomic E-state index is -0.385. The standard InChI is InChI=1S/C25H23ClN4O3S/c1-4-16-6-9-17(10-7-16)29-23(32)22-15(3)21-24(34-22)27-13-30(25(21)33)12-20(31)28-18-8-5-14(2)19(26)11-18/h5-11,13H,4,12H2,1-3H3,(H,28,31)(H,29,32). The van der Waals surface area contributed by atoms with Crippen molar-refractivity contribution < 1.29 is 9.59 Å². The summed E-state index contributed by atoms with van der Waals surface area (Å²) in [5, 5.41) is 6.49. The molecule has 2 aromatic heterocycles. The van der Waals surface area contributed by atoms with E-state index in [2.05, 4.69) is 22.5 Å². The fourth-order valence-electron chi connectivity index (χ4n) is 3.53. The molecule has 0 aliphatic rings. The van der Waals surface area contributed by atoms with Crippen LogP contribution < -0.4 is 16.2 Å². The number of rotatable bonds is 6. The van der Waals surface area contributed by atoms with Gasteiger partial charge in [0, 0.05) is 16.4 Å². The number of hydrogen-bond donors (Lipinski definition) is 2. The molecule has 0 radical (unpaired) electrons. The molecule has 0 fully saturated rings. The molecule has 0 unspecified atom stereocenters. The van der Waals surface area contributed by atoms with E-state index in [-0.39, 0.29) is 23.9 Å².